The van der Waals surface area contributed by atoms with Crippen LogP contribution in [0.5, 0.6) is 0 Å². The van der Waals surface area contributed by atoms with E-state index < -0.39 is 62.2 Å². The molecule has 36 heteroatoms. The number of aldehydes is 1. The first-order chi connectivity index (χ1) is 53.4. The van der Waals surface area contributed by atoms with Gasteiger partial charge in [0, 0.05) is 39.2 Å². The third-order valence-corrected chi connectivity index (χ3v) is 17.9. The SMILES string of the molecule is CC(C)(C)OC(=O)CN.Cc1cc2nc3c(=O)[nH]c(=O)nc-3n(CCCC=O)c2cc1C.Cc1cc2nc3c(=O)[nH]c(=O)nc-3n(CCCCNCC(=O)O)c2cc1C.Cc1cc2nc3c(=O)[nH]c(=O)nc-3n(CCCCNCC(=O)OC(C)(C)C)c2cc1C.Cc1cc2nc3c(=O)[nH]c(=O)nc-3n(CCCCO)c2cc1C.Cl. The lowest BCUT2D eigenvalue weighted by atomic mass is 10.1. The van der Waals surface area contributed by atoms with E-state index in [0.29, 0.717) is 87.0 Å². The number of aryl methyl sites for hydroxylation is 12. The number of carboxylic acid groups (broad SMARTS) is 1. The molecule has 114 heavy (non-hydrogen) atoms. The smallest absolute Gasteiger partial charge is 0.349 e. The molecule has 35 nitrogen and oxygen atoms in total. The number of carboxylic acids is 1. The largest absolute Gasteiger partial charge is 0.480 e. The van der Waals surface area contributed by atoms with Crippen LogP contribution >= 0.6 is 12.4 Å². The normalized spacial score (nSPS) is 11.4. The number of ether oxygens (including phenoxy) is 2. The number of aliphatic hydroxyl groups excluding tert-OH is 1. The zero-order chi connectivity index (χ0) is 82.9. The Morgan fingerprint density at radius 2 is 0.693 bits per heavy atom. The van der Waals surface area contributed by atoms with E-state index in [4.69, 9.17) is 25.4 Å². The van der Waals surface area contributed by atoms with Crippen molar-refractivity contribution in [2.75, 3.05) is 39.3 Å². The van der Waals surface area contributed by atoms with Gasteiger partial charge in [0.1, 0.15) is 17.5 Å². The number of unbranched alkanes of at least 4 members (excludes halogenated alkanes) is 4. The number of carbonyl (C=O) groups is 4. The van der Waals surface area contributed by atoms with Gasteiger partial charge in [-0.2, -0.15) is 19.9 Å². The second-order valence-electron chi connectivity index (χ2n) is 29.2. The summed E-state index contributed by atoms with van der Waals surface area (Å²) in [5.41, 5.74) is 14.3. The van der Waals surface area contributed by atoms with Crippen LogP contribution in [-0.4, -0.2) is 163 Å². The molecule has 0 fully saturated rings. The number of aromatic nitrogens is 16. The molecule has 0 spiro atoms. The third-order valence-electron chi connectivity index (χ3n) is 17.9. The number of aliphatic hydroxyl groups is 1. The Morgan fingerprint density at radius 3 is 0.956 bits per heavy atom. The number of halogens is 1. The fraction of sp³-hybridized carbons (Fsp3) is 0.436. The molecule has 8 heterocycles. The minimum absolute atomic E-state index is 0. The molecule has 0 atom stereocenters. The van der Waals surface area contributed by atoms with Crippen LogP contribution in [0.1, 0.15) is 137 Å². The van der Waals surface area contributed by atoms with Gasteiger partial charge in [-0.05, 0) is 248 Å². The van der Waals surface area contributed by atoms with Crippen molar-refractivity contribution in [1.82, 2.24) is 88.7 Å². The van der Waals surface area contributed by atoms with Crippen LogP contribution in [0.3, 0.4) is 0 Å². The number of carbonyl (C=O) groups excluding carboxylic acids is 3. The number of nitrogens with zero attached hydrogens (tertiary/aromatic N) is 12. The minimum Gasteiger partial charge on any atom is -0.480 e. The van der Waals surface area contributed by atoms with E-state index in [1.54, 1.807) is 25.3 Å². The molecule has 0 aliphatic carbocycles. The maximum absolute atomic E-state index is 12.3. The van der Waals surface area contributed by atoms with Crippen LogP contribution in [0, 0.1) is 55.4 Å². The molecule has 4 aromatic rings. The van der Waals surface area contributed by atoms with Crippen molar-refractivity contribution >= 4 is 80.7 Å². The summed E-state index contributed by atoms with van der Waals surface area (Å²) < 4.78 is 17.5. The first kappa shape index (κ1) is 89.4. The van der Waals surface area contributed by atoms with Gasteiger partial charge in [0.25, 0.3) is 22.2 Å². The summed E-state index contributed by atoms with van der Waals surface area (Å²) in [5, 5.41) is 23.6. The highest BCUT2D eigenvalue weighted by atomic mass is 35.5. The van der Waals surface area contributed by atoms with E-state index in [2.05, 4.69) is 70.4 Å². The molecule has 12 rings (SSSR count). The molecule has 8 aliphatic heterocycles. The molecule has 0 saturated heterocycles. The predicted octanol–water partition coefficient (Wildman–Crippen LogP) is 5.43. The van der Waals surface area contributed by atoms with Crippen LogP contribution in [0.4, 0.5) is 0 Å². The summed E-state index contributed by atoms with van der Waals surface area (Å²) in [6.07, 6.45) is 6.21. The third kappa shape index (κ3) is 23.7. The van der Waals surface area contributed by atoms with Gasteiger partial charge in [-0.3, -0.25) is 53.5 Å². The van der Waals surface area contributed by atoms with Crippen LogP contribution in [0.15, 0.2) is 86.9 Å². The second-order valence-corrected chi connectivity index (χ2v) is 29.2. The fourth-order valence-electron chi connectivity index (χ4n) is 12.0. The molecule has 0 amide bonds. The Balaban J connectivity index is 0.000000203. The first-order valence-corrected chi connectivity index (χ1v) is 36.9. The lowest BCUT2D eigenvalue weighted by Gasteiger charge is -2.19. The van der Waals surface area contributed by atoms with Gasteiger partial charge >= 0.3 is 40.7 Å². The van der Waals surface area contributed by atoms with Crippen LogP contribution in [0.2, 0.25) is 0 Å². The average Bonchev–Trinajstić information content (AvgIpc) is 0.776. The number of aromatic amines is 4. The molecule has 8 aliphatic rings. The quantitative estimate of drug-likeness (QED) is 0.0167. The van der Waals surface area contributed by atoms with Crippen LogP contribution in [-0.2, 0) is 54.8 Å². The summed E-state index contributed by atoms with van der Waals surface area (Å²) in [5.74, 6) is -0.461. The Morgan fingerprint density at radius 1 is 0.421 bits per heavy atom. The number of nitrogens with two attached hydrogens (primary N) is 1. The molecule has 0 radical (unpaired) electrons. The maximum Gasteiger partial charge on any atom is 0.349 e. The fourth-order valence-corrected chi connectivity index (χ4v) is 12.0. The number of hydrogen-bond donors (Lipinski definition) is 9. The molecule has 0 bridgehead atoms. The number of hydrogen-bond acceptors (Lipinski definition) is 26. The highest BCUT2D eigenvalue weighted by molar-refractivity contribution is 5.86. The highest BCUT2D eigenvalue weighted by Crippen LogP contribution is 2.29. The van der Waals surface area contributed by atoms with Crippen molar-refractivity contribution in [1.29, 1.82) is 0 Å². The molecule has 0 saturated carbocycles. The lowest BCUT2D eigenvalue weighted by molar-refractivity contribution is -0.154. The van der Waals surface area contributed by atoms with Crippen molar-refractivity contribution in [3.05, 3.63) is 176 Å². The molecular formula is C78H98ClN19O16. The molecule has 4 aromatic carbocycles. The van der Waals surface area contributed by atoms with Gasteiger partial charge in [0.2, 0.25) is 0 Å². The summed E-state index contributed by atoms with van der Waals surface area (Å²) in [6.45, 7) is 30.3. The van der Waals surface area contributed by atoms with Crippen molar-refractivity contribution in [2.45, 2.75) is 186 Å². The van der Waals surface area contributed by atoms with Crippen molar-refractivity contribution in [3.63, 3.8) is 0 Å². The Bertz CT molecular complexity index is 5870. The van der Waals surface area contributed by atoms with Gasteiger partial charge in [-0.25, -0.2) is 39.1 Å². The Labute approximate surface area is 658 Å². The van der Waals surface area contributed by atoms with Gasteiger partial charge in [0.15, 0.2) is 46.1 Å². The summed E-state index contributed by atoms with van der Waals surface area (Å²) in [6, 6.07) is 15.6. The number of fused-ring (bicyclic) bond motifs is 8. The molecule has 0 aromatic heterocycles. The summed E-state index contributed by atoms with van der Waals surface area (Å²) in [4.78, 5) is 181. The van der Waals surface area contributed by atoms with Crippen molar-refractivity contribution in [2.24, 2.45) is 5.73 Å². The summed E-state index contributed by atoms with van der Waals surface area (Å²) in [7, 11) is 0. The highest BCUT2D eigenvalue weighted by Gasteiger charge is 2.25. The van der Waals surface area contributed by atoms with E-state index in [-0.39, 0.29) is 96.7 Å². The molecule has 608 valence electrons. The molecule has 10 N–H and O–H groups in total. The number of esters is 2. The average molecular weight is 1590 g/mol. The number of H-pyrrole nitrogens is 4. The minimum atomic E-state index is -0.896. The second kappa shape index (κ2) is 39.6. The zero-order valence-electron chi connectivity index (χ0n) is 66.4. The lowest BCUT2D eigenvalue weighted by Crippen LogP contribution is -2.32. The van der Waals surface area contributed by atoms with Crippen molar-refractivity contribution in [3.8, 4) is 46.1 Å². The molecular weight excluding hydrogens is 1490 g/mol. The number of aliphatic carboxylic acids is 1. The molecule has 0 unspecified atom stereocenters. The monoisotopic (exact) mass is 1590 g/mol. The van der Waals surface area contributed by atoms with E-state index in [9.17, 15) is 57.5 Å². The first-order valence-electron chi connectivity index (χ1n) is 36.9. The standard InChI is InChI=1S/C22H29N5O4.C18H21N5O4.C16H18N4O3.C16H16N4O3.C6H13NO2.ClH/c1-13-10-15-16(11-14(13)2)27(19-18(24-15)20(29)26-21(30)25-19)9-7-6-8-23-12-17(28)31-22(3,4)5;1-10-7-12-13(8-11(10)2)23(6-4-3-5-19-9-14(24)25)16-15(20-12)17(26)22-18(27)21-16;2*1-9-7-11-12(8-10(9)2)20(5-3-4-6-21)14-13(17-11)15(22)19-16(23)18-14;1-6(2,3)9-5(8)4-7;/h10-11,23H,6-9,12H2,1-5H3,(H,26,29,30);7-8,19H,3-6,9H2,1-2H3,(H,24,25)(H,22,26,27);7-8,21H,3-6H2,1-2H3,(H,19,22,23);6-8H,3-5H2,1-2H3,(H,19,22,23);4,7H2,1-3H3;1H. The number of rotatable bonds is 23. The van der Waals surface area contributed by atoms with E-state index in [1.807, 2.05) is 138 Å². The van der Waals surface area contributed by atoms with Crippen LogP contribution < -0.4 is 61.4 Å². The van der Waals surface area contributed by atoms with E-state index in [0.717, 1.165) is 98.5 Å². The van der Waals surface area contributed by atoms with Gasteiger partial charge < -0.3 is 59.1 Å². The predicted molar refractivity (Wildman–Crippen MR) is 434 cm³/mol. The van der Waals surface area contributed by atoms with Crippen LogP contribution in [0.25, 0.3) is 90.2 Å². The van der Waals surface area contributed by atoms with Gasteiger partial charge in [-0.1, -0.05) is 0 Å². The number of benzene rings is 4. The summed E-state index contributed by atoms with van der Waals surface area (Å²) >= 11 is 0. The van der Waals surface area contributed by atoms with Gasteiger partial charge in [-0.15, -0.1) is 12.4 Å². The maximum atomic E-state index is 12.3. The Kier molecular flexibility index (Phi) is 31.1. The topological polar surface area (TPSA) is 500 Å². The van der Waals surface area contributed by atoms with Gasteiger partial charge in [0.05, 0.1) is 63.8 Å². The van der Waals surface area contributed by atoms with E-state index >= 15 is 0 Å². The van der Waals surface area contributed by atoms with E-state index in [1.165, 1.54) is 0 Å². The zero-order valence-corrected chi connectivity index (χ0v) is 67.2. The Hall–Kier alpha value is -11.8. The van der Waals surface area contributed by atoms with Crippen molar-refractivity contribution < 1.29 is 38.9 Å². The number of nitrogens with one attached hydrogen (secondary N) is 6.